The highest BCUT2D eigenvalue weighted by Gasteiger charge is 2.26. The Labute approximate surface area is 139 Å². The average molecular weight is 327 g/mol. The first kappa shape index (κ1) is 18.9. The predicted molar refractivity (Wildman–Crippen MR) is 91.3 cm³/mol. The van der Waals surface area contributed by atoms with E-state index in [1.807, 2.05) is 30.1 Å². The third-order valence-corrected chi connectivity index (χ3v) is 4.00. The van der Waals surface area contributed by atoms with Gasteiger partial charge in [-0.1, -0.05) is 44.2 Å². The minimum atomic E-state index is 0. The molecule has 1 N–H and O–H groups in total. The normalized spacial score (nSPS) is 19.4. The largest absolute Gasteiger partial charge is 0.378 e. The second-order valence-electron chi connectivity index (χ2n) is 6.03. The van der Waals surface area contributed by atoms with Crippen molar-refractivity contribution in [2.75, 3.05) is 26.8 Å². The maximum Gasteiger partial charge on any atom is 0.224 e. The lowest BCUT2D eigenvalue weighted by Crippen LogP contribution is -2.45. The van der Waals surface area contributed by atoms with Gasteiger partial charge in [-0.25, -0.2) is 0 Å². The Morgan fingerprint density at radius 1 is 1.36 bits per heavy atom. The van der Waals surface area contributed by atoms with E-state index < -0.39 is 0 Å². The number of morpholine rings is 1. The van der Waals surface area contributed by atoms with Gasteiger partial charge >= 0.3 is 0 Å². The molecule has 1 aliphatic heterocycles. The molecule has 1 aromatic rings. The molecule has 5 heteroatoms. The van der Waals surface area contributed by atoms with Gasteiger partial charge < -0.3 is 15.0 Å². The van der Waals surface area contributed by atoms with Gasteiger partial charge in [0.2, 0.25) is 5.91 Å². The minimum Gasteiger partial charge on any atom is -0.378 e. The van der Waals surface area contributed by atoms with Crippen molar-refractivity contribution in [1.82, 2.24) is 10.2 Å². The highest BCUT2D eigenvalue weighted by molar-refractivity contribution is 5.85. The van der Waals surface area contributed by atoms with E-state index in [2.05, 4.69) is 31.3 Å². The topological polar surface area (TPSA) is 41.6 Å². The van der Waals surface area contributed by atoms with Crippen molar-refractivity contribution in [2.24, 2.45) is 5.92 Å². The first-order valence-electron chi connectivity index (χ1n) is 7.71. The Hall–Kier alpha value is -1.10. The molecule has 0 spiro atoms. The lowest BCUT2D eigenvalue weighted by molar-refractivity contribution is -0.134. The van der Waals surface area contributed by atoms with Crippen molar-refractivity contribution in [2.45, 2.75) is 32.4 Å². The highest BCUT2D eigenvalue weighted by atomic mass is 35.5. The number of nitrogens with zero attached hydrogens (tertiary/aromatic N) is 1. The molecule has 2 rings (SSSR count). The summed E-state index contributed by atoms with van der Waals surface area (Å²) in [6, 6.07) is 10.5. The summed E-state index contributed by atoms with van der Waals surface area (Å²) in [4.78, 5) is 14.4. The van der Waals surface area contributed by atoms with E-state index >= 15 is 0 Å². The lowest BCUT2D eigenvalue weighted by atomic mass is 9.94. The van der Waals surface area contributed by atoms with E-state index in [4.69, 9.17) is 4.74 Å². The molecule has 1 aliphatic rings. The fourth-order valence-electron chi connectivity index (χ4n) is 2.97. The molecule has 22 heavy (non-hydrogen) atoms. The average Bonchev–Trinajstić information content (AvgIpc) is 2.49. The van der Waals surface area contributed by atoms with Crippen molar-refractivity contribution in [1.29, 1.82) is 0 Å². The molecule has 1 heterocycles. The van der Waals surface area contributed by atoms with E-state index in [1.165, 1.54) is 5.56 Å². The molecule has 0 aliphatic carbocycles. The first-order valence-corrected chi connectivity index (χ1v) is 7.71. The fourth-order valence-corrected chi connectivity index (χ4v) is 2.97. The van der Waals surface area contributed by atoms with Crippen LogP contribution in [0.15, 0.2) is 30.3 Å². The van der Waals surface area contributed by atoms with Crippen molar-refractivity contribution >= 4 is 18.3 Å². The number of halogens is 1. The molecule has 2 unspecified atom stereocenters. The SMILES string of the molecule is CC(C)C(c1ccccc1)N(C)C(=O)CC1COCCN1.Cl. The number of ether oxygens (including phenoxy) is 1. The number of hydrogen-bond acceptors (Lipinski definition) is 3. The van der Waals surface area contributed by atoms with Gasteiger partial charge in [-0.15, -0.1) is 12.4 Å². The summed E-state index contributed by atoms with van der Waals surface area (Å²) >= 11 is 0. The van der Waals surface area contributed by atoms with Crippen LogP contribution in [0.1, 0.15) is 31.9 Å². The number of hydrogen-bond donors (Lipinski definition) is 1. The zero-order valence-electron chi connectivity index (χ0n) is 13.6. The molecule has 2 atom stereocenters. The second kappa shape index (κ2) is 9.13. The van der Waals surface area contributed by atoms with Gasteiger partial charge in [0.15, 0.2) is 0 Å². The number of benzene rings is 1. The van der Waals surface area contributed by atoms with Crippen molar-refractivity contribution < 1.29 is 9.53 Å². The Morgan fingerprint density at radius 2 is 2.05 bits per heavy atom. The highest BCUT2D eigenvalue weighted by Crippen LogP contribution is 2.28. The fraction of sp³-hybridized carbons (Fsp3) is 0.588. The zero-order valence-corrected chi connectivity index (χ0v) is 14.4. The summed E-state index contributed by atoms with van der Waals surface area (Å²) in [7, 11) is 1.91. The van der Waals surface area contributed by atoms with E-state index in [0.29, 0.717) is 18.9 Å². The molecule has 0 radical (unpaired) electrons. The van der Waals surface area contributed by atoms with E-state index in [9.17, 15) is 4.79 Å². The predicted octanol–water partition coefficient (Wildman–Crippen LogP) is 2.64. The zero-order chi connectivity index (χ0) is 15.2. The Kier molecular flexibility index (Phi) is 7.87. The molecule has 1 aromatic carbocycles. The van der Waals surface area contributed by atoms with Crippen LogP contribution in [0.5, 0.6) is 0 Å². The van der Waals surface area contributed by atoms with Crippen LogP contribution in [-0.4, -0.2) is 43.7 Å². The molecule has 1 amide bonds. The second-order valence-corrected chi connectivity index (χ2v) is 6.03. The minimum absolute atomic E-state index is 0. The Balaban J connectivity index is 0.00000242. The van der Waals surface area contributed by atoms with Gasteiger partial charge in [-0.05, 0) is 11.5 Å². The van der Waals surface area contributed by atoms with Gasteiger partial charge in [0.1, 0.15) is 0 Å². The van der Waals surface area contributed by atoms with Crippen molar-refractivity contribution in [3.8, 4) is 0 Å². The molecule has 124 valence electrons. The van der Waals surface area contributed by atoms with Crippen LogP contribution < -0.4 is 5.32 Å². The molecule has 1 fully saturated rings. The maximum atomic E-state index is 12.6. The summed E-state index contributed by atoms with van der Waals surface area (Å²) < 4.78 is 5.42. The summed E-state index contributed by atoms with van der Waals surface area (Å²) in [6.07, 6.45) is 0.493. The quantitative estimate of drug-likeness (QED) is 0.904. The number of carbonyl (C=O) groups excluding carboxylic acids is 1. The van der Waals surface area contributed by atoms with Crippen LogP contribution in [0.4, 0.5) is 0 Å². The maximum absolute atomic E-state index is 12.6. The van der Waals surface area contributed by atoms with Crippen LogP contribution in [0.2, 0.25) is 0 Å². The van der Waals surface area contributed by atoms with Crippen LogP contribution in [0.3, 0.4) is 0 Å². The number of amides is 1. The number of carbonyl (C=O) groups is 1. The van der Waals surface area contributed by atoms with Crippen molar-refractivity contribution in [3.63, 3.8) is 0 Å². The summed E-state index contributed by atoms with van der Waals surface area (Å²) in [5.74, 6) is 0.539. The summed E-state index contributed by atoms with van der Waals surface area (Å²) in [5.41, 5.74) is 1.19. The van der Waals surface area contributed by atoms with Gasteiger partial charge in [-0.2, -0.15) is 0 Å². The molecule has 1 saturated heterocycles. The number of rotatable bonds is 5. The van der Waals surface area contributed by atoms with Crippen LogP contribution in [-0.2, 0) is 9.53 Å². The lowest BCUT2D eigenvalue weighted by Gasteiger charge is -2.33. The Bertz CT molecular complexity index is 447. The van der Waals surface area contributed by atoms with Crippen molar-refractivity contribution in [3.05, 3.63) is 35.9 Å². The van der Waals surface area contributed by atoms with E-state index in [0.717, 1.165) is 13.2 Å². The molecular formula is C17H27ClN2O2. The standard InChI is InChI=1S/C17H26N2O2.ClH/c1-13(2)17(14-7-5-4-6-8-14)19(3)16(20)11-15-12-21-10-9-18-15;/h4-8,13,15,17-18H,9-12H2,1-3H3;1H. The molecular weight excluding hydrogens is 300 g/mol. The van der Waals surface area contributed by atoms with Gasteiger partial charge in [-0.3, -0.25) is 4.79 Å². The van der Waals surface area contributed by atoms with Crippen LogP contribution >= 0.6 is 12.4 Å². The summed E-state index contributed by atoms with van der Waals surface area (Å²) in [6.45, 7) is 6.50. The van der Waals surface area contributed by atoms with Crippen LogP contribution in [0.25, 0.3) is 0 Å². The molecule has 0 bridgehead atoms. The van der Waals surface area contributed by atoms with E-state index in [-0.39, 0.29) is 30.4 Å². The molecule has 0 aromatic heterocycles. The van der Waals surface area contributed by atoms with Crippen LogP contribution in [0, 0.1) is 5.92 Å². The molecule has 0 saturated carbocycles. The molecule has 4 nitrogen and oxygen atoms in total. The smallest absolute Gasteiger partial charge is 0.224 e. The monoisotopic (exact) mass is 326 g/mol. The third kappa shape index (κ3) is 4.97. The third-order valence-electron chi connectivity index (χ3n) is 4.00. The van der Waals surface area contributed by atoms with Gasteiger partial charge in [0.25, 0.3) is 0 Å². The Morgan fingerprint density at radius 3 is 2.59 bits per heavy atom. The van der Waals surface area contributed by atoms with E-state index in [1.54, 1.807) is 0 Å². The first-order chi connectivity index (χ1) is 10.1. The van der Waals surface area contributed by atoms with Gasteiger partial charge in [0, 0.05) is 26.1 Å². The summed E-state index contributed by atoms with van der Waals surface area (Å²) in [5, 5.41) is 3.34. The number of nitrogens with one attached hydrogen (secondary N) is 1. The van der Waals surface area contributed by atoms with Gasteiger partial charge in [0.05, 0.1) is 19.3 Å².